The zero-order chi connectivity index (χ0) is 21.6. The Morgan fingerprint density at radius 3 is 2.33 bits per heavy atom. The van der Waals surface area contributed by atoms with E-state index < -0.39 is 10.0 Å². The van der Waals surface area contributed by atoms with Crippen LogP contribution in [0.15, 0.2) is 59.8 Å². The first kappa shape index (κ1) is 22.4. The fraction of sp³-hybridized carbons (Fsp3) is 0.478. The van der Waals surface area contributed by atoms with Gasteiger partial charge in [-0.1, -0.05) is 57.0 Å². The fourth-order valence-corrected chi connectivity index (χ4v) is 5.61. The van der Waals surface area contributed by atoms with Crippen LogP contribution < -0.4 is 5.32 Å². The van der Waals surface area contributed by atoms with Crippen LogP contribution in [0.25, 0.3) is 0 Å². The van der Waals surface area contributed by atoms with E-state index in [0.717, 1.165) is 18.4 Å². The van der Waals surface area contributed by atoms with Crippen LogP contribution in [0.1, 0.15) is 51.1 Å². The second-order valence-electron chi connectivity index (χ2n) is 7.84. The maximum atomic E-state index is 13.1. The highest BCUT2D eigenvalue weighted by atomic mass is 32.2. The average molecular weight is 430 g/mol. The Labute approximate surface area is 179 Å². The molecule has 2 aromatic rings. The Morgan fingerprint density at radius 1 is 1.10 bits per heavy atom. The second-order valence-corrected chi connectivity index (χ2v) is 9.78. The van der Waals surface area contributed by atoms with Gasteiger partial charge in [0.05, 0.1) is 6.04 Å². The number of hydrogen-bond donors (Lipinski definition) is 1. The number of sulfonamides is 1. The third-order valence-corrected chi connectivity index (χ3v) is 7.96. The summed E-state index contributed by atoms with van der Waals surface area (Å²) in [6.45, 7) is 4.99. The van der Waals surface area contributed by atoms with Crippen molar-refractivity contribution in [1.82, 2.24) is 14.6 Å². The minimum absolute atomic E-state index is 0.0224. The summed E-state index contributed by atoms with van der Waals surface area (Å²) in [4.78, 5) is 17.2. The molecular formula is C23H31N3O3S. The second kappa shape index (κ2) is 10.2. The number of hydrogen-bond acceptors (Lipinski definition) is 4. The molecule has 1 N–H and O–H groups in total. The highest BCUT2D eigenvalue weighted by Gasteiger charge is 2.33. The molecule has 0 radical (unpaired) electrons. The molecule has 1 amide bonds. The number of nitrogens with zero attached hydrogens (tertiary/aromatic N) is 2. The number of carbonyl (C=O) groups is 1. The van der Waals surface area contributed by atoms with Gasteiger partial charge in [0.1, 0.15) is 4.90 Å². The van der Waals surface area contributed by atoms with Crippen LogP contribution in [0.5, 0.6) is 0 Å². The number of nitrogens with one attached hydrogen (secondary N) is 1. The monoisotopic (exact) mass is 429 g/mol. The summed E-state index contributed by atoms with van der Waals surface area (Å²) in [7, 11) is -3.56. The molecule has 1 fully saturated rings. The van der Waals surface area contributed by atoms with Gasteiger partial charge in [0, 0.05) is 31.4 Å². The van der Waals surface area contributed by atoms with Crippen LogP contribution in [-0.4, -0.2) is 36.7 Å². The summed E-state index contributed by atoms with van der Waals surface area (Å²) in [5, 5.41) is 3.27. The third kappa shape index (κ3) is 5.08. The van der Waals surface area contributed by atoms with Crippen molar-refractivity contribution in [2.75, 3.05) is 13.1 Å². The predicted molar refractivity (Wildman–Crippen MR) is 117 cm³/mol. The lowest BCUT2D eigenvalue weighted by Gasteiger charge is -2.33. The average Bonchev–Trinajstić information content (AvgIpc) is 2.80. The van der Waals surface area contributed by atoms with E-state index in [-0.39, 0.29) is 22.8 Å². The van der Waals surface area contributed by atoms with Crippen molar-refractivity contribution in [2.45, 2.75) is 50.5 Å². The topological polar surface area (TPSA) is 79.4 Å². The van der Waals surface area contributed by atoms with Gasteiger partial charge in [0.15, 0.2) is 0 Å². The SMILES string of the molecule is CCC(CC)C(NC(=O)C1CCN(S(=O)(=O)c2cccnc2)CC1)c1ccccc1. The Bertz CT molecular complexity index is 907. The standard InChI is InChI=1S/C23H31N3O3S/c1-3-18(4-2)22(19-9-6-5-7-10-19)25-23(27)20-12-15-26(16-13-20)30(28,29)21-11-8-14-24-17-21/h5-11,14,17-18,20,22H,3-4,12-13,15-16H2,1-2H3,(H,25,27). The minimum Gasteiger partial charge on any atom is -0.349 e. The van der Waals surface area contributed by atoms with E-state index in [2.05, 4.69) is 36.3 Å². The number of pyridine rings is 1. The van der Waals surface area contributed by atoms with Crippen LogP contribution in [-0.2, 0) is 14.8 Å². The molecule has 1 saturated heterocycles. The smallest absolute Gasteiger partial charge is 0.244 e. The highest BCUT2D eigenvalue weighted by Crippen LogP contribution is 2.29. The number of aromatic nitrogens is 1. The van der Waals surface area contributed by atoms with Crippen LogP contribution in [0.3, 0.4) is 0 Å². The van der Waals surface area contributed by atoms with Crippen LogP contribution in [0.2, 0.25) is 0 Å². The molecule has 3 rings (SSSR count). The first-order valence-corrected chi connectivity index (χ1v) is 12.2. The molecule has 1 aliphatic heterocycles. The summed E-state index contributed by atoms with van der Waals surface area (Å²) in [5.41, 5.74) is 1.12. The molecule has 0 spiro atoms. The molecule has 1 aromatic heterocycles. The molecule has 2 heterocycles. The van der Waals surface area contributed by atoms with E-state index in [1.54, 1.807) is 18.3 Å². The largest absolute Gasteiger partial charge is 0.349 e. The molecule has 0 aliphatic carbocycles. The Balaban J connectivity index is 1.65. The third-order valence-electron chi connectivity index (χ3n) is 6.07. The van der Waals surface area contributed by atoms with Crippen molar-refractivity contribution in [3.63, 3.8) is 0 Å². The molecule has 7 heteroatoms. The number of benzene rings is 1. The predicted octanol–water partition coefficient (Wildman–Crippen LogP) is 3.78. The lowest BCUT2D eigenvalue weighted by Crippen LogP contribution is -2.44. The lowest BCUT2D eigenvalue weighted by molar-refractivity contribution is -0.127. The Morgan fingerprint density at radius 2 is 1.77 bits per heavy atom. The normalized spacial score (nSPS) is 17.0. The molecule has 1 aliphatic rings. The molecule has 0 saturated carbocycles. The fourth-order valence-electron chi connectivity index (χ4n) is 4.17. The van der Waals surface area contributed by atoms with E-state index >= 15 is 0 Å². The summed E-state index contributed by atoms with van der Waals surface area (Å²) >= 11 is 0. The van der Waals surface area contributed by atoms with Crippen LogP contribution in [0, 0.1) is 11.8 Å². The summed E-state index contributed by atoms with van der Waals surface area (Å²) in [6.07, 6.45) is 5.94. The van der Waals surface area contributed by atoms with Crippen molar-refractivity contribution in [1.29, 1.82) is 0 Å². The summed E-state index contributed by atoms with van der Waals surface area (Å²) in [6, 6.07) is 13.3. The van der Waals surface area contributed by atoms with Gasteiger partial charge in [-0.25, -0.2) is 8.42 Å². The minimum atomic E-state index is -3.56. The number of carbonyl (C=O) groups excluding carboxylic acids is 1. The van der Waals surface area contributed by atoms with E-state index in [4.69, 9.17) is 0 Å². The number of amides is 1. The lowest BCUT2D eigenvalue weighted by atomic mass is 9.87. The number of rotatable bonds is 8. The van der Waals surface area contributed by atoms with Gasteiger partial charge in [-0.15, -0.1) is 0 Å². The molecule has 162 valence electrons. The highest BCUT2D eigenvalue weighted by molar-refractivity contribution is 7.89. The first-order chi connectivity index (χ1) is 14.5. The molecule has 1 atom stereocenters. The summed E-state index contributed by atoms with van der Waals surface area (Å²) < 4.78 is 27.0. The van der Waals surface area contributed by atoms with Gasteiger partial charge in [0.25, 0.3) is 0 Å². The molecule has 1 aromatic carbocycles. The van der Waals surface area contributed by atoms with E-state index in [9.17, 15) is 13.2 Å². The number of piperidine rings is 1. The van der Waals surface area contributed by atoms with Crippen LogP contribution >= 0.6 is 0 Å². The van der Waals surface area contributed by atoms with E-state index in [1.807, 2.05) is 18.2 Å². The van der Waals surface area contributed by atoms with Crippen molar-refractivity contribution in [3.05, 3.63) is 60.4 Å². The van der Waals surface area contributed by atoms with Gasteiger partial charge in [0.2, 0.25) is 15.9 Å². The maximum Gasteiger partial charge on any atom is 0.244 e. The quantitative estimate of drug-likeness (QED) is 0.693. The summed E-state index contributed by atoms with van der Waals surface area (Å²) in [5.74, 6) is 0.211. The molecule has 6 nitrogen and oxygen atoms in total. The van der Waals surface area contributed by atoms with Crippen molar-refractivity contribution in [3.8, 4) is 0 Å². The molecule has 0 bridgehead atoms. The zero-order valence-corrected chi connectivity index (χ0v) is 18.5. The van der Waals surface area contributed by atoms with Crippen molar-refractivity contribution < 1.29 is 13.2 Å². The van der Waals surface area contributed by atoms with Gasteiger partial charge in [-0.2, -0.15) is 4.31 Å². The van der Waals surface area contributed by atoms with Crippen molar-refractivity contribution in [2.24, 2.45) is 11.8 Å². The molecule has 1 unspecified atom stereocenters. The van der Waals surface area contributed by atoms with Gasteiger partial charge < -0.3 is 5.32 Å². The molecular weight excluding hydrogens is 398 g/mol. The van der Waals surface area contributed by atoms with E-state index in [0.29, 0.717) is 31.8 Å². The van der Waals surface area contributed by atoms with Gasteiger partial charge in [-0.05, 0) is 36.5 Å². The Kier molecular flexibility index (Phi) is 7.61. The Hall–Kier alpha value is -2.25. The van der Waals surface area contributed by atoms with Crippen molar-refractivity contribution >= 4 is 15.9 Å². The maximum absolute atomic E-state index is 13.1. The zero-order valence-electron chi connectivity index (χ0n) is 17.7. The van der Waals surface area contributed by atoms with Gasteiger partial charge >= 0.3 is 0 Å². The molecule has 30 heavy (non-hydrogen) atoms. The van der Waals surface area contributed by atoms with Gasteiger partial charge in [-0.3, -0.25) is 9.78 Å². The van der Waals surface area contributed by atoms with E-state index in [1.165, 1.54) is 10.5 Å². The van der Waals surface area contributed by atoms with Crippen LogP contribution in [0.4, 0.5) is 0 Å². The first-order valence-electron chi connectivity index (χ1n) is 10.7.